The lowest BCUT2D eigenvalue weighted by Gasteiger charge is -2.23. The van der Waals surface area contributed by atoms with Crippen molar-refractivity contribution in [2.24, 2.45) is 0 Å². The van der Waals surface area contributed by atoms with E-state index in [2.05, 4.69) is 4.72 Å². The minimum absolute atomic E-state index is 0.0618. The molecule has 0 radical (unpaired) electrons. The molecule has 1 atom stereocenters. The van der Waals surface area contributed by atoms with Crippen molar-refractivity contribution >= 4 is 27.6 Å². The molecule has 21 heavy (non-hydrogen) atoms. The van der Waals surface area contributed by atoms with Gasteiger partial charge in [0.2, 0.25) is 10.0 Å². The van der Waals surface area contributed by atoms with Crippen LogP contribution in [0.3, 0.4) is 0 Å². The van der Waals surface area contributed by atoms with Crippen LogP contribution in [0, 0.1) is 0 Å². The Hall–Kier alpha value is -1.35. The summed E-state index contributed by atoms with van der Waals surface area (Å²) in [6.45, 7) is -0.0367. The molecule has 2 N–H and O–H groups in total. The van der Waals surface area contributed by atoms with Crippen molar-refractivity contribution in [3.63, 3.8) is 0 Å². The highest BCUT2D eigenvalue weighted by Crippen LogP contribution is 2.28. The normalized spacial score (nSPS) is 22.2. The van der Waals surface area contributed by atoms with Crippen LogP contribution in [0.5, 0.6) is 5.75 Å². The van der Waals surface area contributed by atoms with E-state index in [0.717, 1.165) is 0 Å². The Bertz CT molecular complexity index is 654. The van der Waals surface area contributed by atoms with Crippen molar-refractivity contribution in [2.75, 3.05) is 20.3 Å². The third-order valence-corrected chi connectivity index (χ3v) is 5.04. The van der Waals surface area contributed by atoms with Gasteiger partial charge in [-0.3, -0.25) is 4.79 Å². The summed E-state index contributed by atoms with van der Waals surface area (Å²) in [5, 5.41) is 9.52. The SMILES string of the molecule is COc1cc(S(=O)(=O)NC2(C(=O)O)CCOC2)ccc1Cl. The first-order chi connectivity index (χ1) is 9.81. The molecule has 1 heterocycles. The second kappa shape index (κ2) is 5.80. The topological polar surface area (TPSA) is 102 Å². The van der Waals surface area contributed by atoms with Crippen LogP contribution >= 0.6 is 11.6 Å². The standard InChI is InChI=1S/C12H14ClNO6S/c1-19-10-6-8(2-3-9(10)13)21(17,18)14-12(11(15)16)4-5-20-7-12/h2-3,6,14H,4-5,7H2,1H3,(H,15,16). The Morgan fingerprint density at radius 2 is 2.24 bits per heavy atom. The van der Waals surface area contributed by atoms with Gasteiger partial charge in [-0.25, -0.2) is 8.42 Å². The van der Waals surface area contributed by atoms with E-state index in [1.807, 2.05) is 0 Å². The summed E-state index contributed by atoms with van der Waals surface area (Å²) >= 11 is 5.84. The number of aliphatic carboxylic acids is 1. The first-order valence-corrected chi connectivity index (χ1v) is 7.85. The summed E-state index contributed by atoms with van der Waals surface area (Å²) in [6, 6.07) is 3.88. The van der Waals surface area contributed by atoms with E-state index in [9.17, 15) is 18.3 Å². The molecule has 1 aliphatic rings. The third kappa shape index (κ3) is 3.13. The van der Waals surface area contributed by atoms with Gasteiger partial charge in [0.25, 0.3) is 0 Å². The summed E-state index contributed by atoms with van der Waals surface area (Å²) in [5.74, 6) is -1.09. The van der Waals surface area contributed by atoms with Crippen molar-refractivity contribution in [3.8, 4) is 5.75 Å². The molecule has 1 unspecified atom stereocenters. The molecule has 1 aromatic carbocycles. The molecule has 1 fully saturated rings. The monoisotopic (exact) mass is 335 g/mol. The second-order valence-corrected chi connectivity index (χ2v) is 6.68. The molecule has 1 saturated heterocycles. The zero-order valence-electron chi connectivity index (χ0n) is 11.1. The lowest BCUT2D eigenvalue weighted by molar-refractivity contribution is -0.144. The van der Waals surface area contributed by atoms with E-state index in [1.54, 1.807) is 0 Å². The number of methoxy groups -OCH3 is 1. The Morgan fingerprint density at radius 1 is 1.52 bits per heavy atom. The Balaban J connectivity index is 2.36. The van der Waals surface area contributed by atoms with Crippen molar-refractivity contribution in [3.05, 3.63) is 23.2 Å². The smallest absolute Gasteiger partial charge is 0.327 e. The highest BCUT2D eigenvalue weighted by molar-refractivity contribution is 7.89. The van der Waals surface area contributed by atoms with Crippen LogP contribution in [0.15, 0.2) is 23.1 Å². The number of carboxylic acid groups (broad SMARTS) is 1. The van der Waals surface area contributed by atoms with Crippen LogP contribution < -0.4 is 9.46 Å². The van der Waals surface area contributed by atoms with Gasteiger partial charge in [0.1, 0.15) is 5.75 Å². The number of hydrogen-bond acceptors (Lipinski definition) is 5. The van der Waals surface area contributed by atoms with E-state index in [4.69, 9.17) is 21.1 Å². The highest BCUT2D eigenvalue weighted by Gasteiger charge is 2.46. The Kier molecular flexibility index (Phi) is 4.43. The predicted octanol–water partition coefficient (Wildman–Crippen LogP) is 0.871. The number of sulfonamides is 1. The van der Waals surface area contributed by atoms with Crippen molar-refractivity contribution in [1.29, 1.82) is 0 Å². The zero-order chi connectivity index (χ0) is 15.7. The molecule has 0 aromatic heterocycles. The minimum atomic E-state index is -4.05. The molecule has 1 aromatic rings. The van der Waals surface area contributed by atoms with Crippen LogP contribution in [0.1, 0.15) is 6.42 Å². The summed E-state index contributed by atoms with van der Waals surface area (Å²) in [7, 11) is -2.69. The first kappa shape index (κ1) is 16.0. The van der Waals surface area contributed by atoms with Crippen LogP contribution in [0.4, 0.5) is 0 Å². The van der Waals surface area contributed by atoms with Gasteiger partial charge in [0, 0.05) is 19.1 Å². The fourth-order valence-corrected chi connectivity index (χ4v) is 3.57. The predicted molar refractivity (Wildman–Crippen MR) is 74.1 cm³/mol. The molecule has 0 saturated carbocycles. The zero-order valence-corrected chi connectivity index (χ0v) is 12.7. The fraction of sp³-hybridized carbons (Fsp3) is 0.417. The van der Waals surface area contributed by atoms with Gasteiger partial charge in [0.15, 0.2) is 5.54 Å². The van der Waals surface area contributed by atoms with Crippen LogP contribution in [-0.2, 0) is 19.6 Å². The summed E-state index contributed by atoms with van der Waals surface area (Å²) in [6.07, 6.45) is 0.0618. The Morgan fingerprint density at radius 3 is 2.76 bits per heavy atom. The van der Waals surface area contributed by atoms with Gasteiger partial charge in [-0.15, -0.1) is 0 Å². The first-order valence-electron chi connectivity index (χ1n) is 5.99. The number of rotatable bonds is 5. The molecule has 2 rings (SSSR count). The van der Waals surface area contributed by atoms with E-state index < -0.39 is 21.5 Å². The maximum Gasteiger partial charge on any atom is 0.327 e. The number of ether oxygens (including phenoxy) is 2. The molecule has 116 valence electrons. The number of carboxylic acids is 1. The summed E-state index contributed by atoms with van der Waals surface area (Å²) in [5.41, 5.74) is -1.65. The summed E-state index contributed by atoms with van der Waals surface area (Å²) in [4.78, 5) is 11.2. The van der Waals surface area contributed by atoms with Crippen LogP contribution in [0.2, 0.25) is 5.02 Å². The van der Waals surface area contributed by atoms with Gasteiger partial charge < -0.3 is 14.6 Å². The maximum atomic E-state index is 12.3. The highest BCUT2D eigenvalue weighted by atomic mass is 35.5. The number of carbonyl (C=O) groups is 1. The van der Waals surface area contributed by atoms with Crippen molar-refractivity contribution in [1.82, 2.24) is 4.72 Å². The lowest BCUT2D eigenvalue weighted by Crippen LogP contribution is -2.54. The molecular formula is C12H14ClNO6S. The van der Waals surface area contributed by atoms with E-state index in [-0.39, 0.29) is 35.3 Å². The van der Waals surface area contributed by atoms with E-state index in [1.165, 1.54) is 25.3 Å². The molecule has 9 heteroatoms. The minimum Gasteiger partial charge on any atom is -0.495 e. The molecule has 0 amide bonds. The average molecular weight is 336 g/mol. The Labute approximate surface area is 126 Å². The quantitative estimate of drug-likeness (QED) is 0.828. The van der Waals surface area contributed by atoms with Gasteiger partial charge >= 0.3 is 5.97 Å². The molecular weight excluding hydrogens is 322 g/mol. The van der Waals surface area contributed by atoms with Crippen LogP contribution in [-0.4, -0.2) is 45.4 Å². The van der Waals surface area contributed by atoms with Gasteiger partial charge in [0.05, 0.1) is 23.6 Å². The third-order valence-electron chi connectivity index (χ3n) is 3.19. The molecule has 1 aliphatic heterocycles. The van der Waals surface area contributed by atoms with Gasteiger partial charge in [-0.05, 0) is 12.1 Å². The lowest BCUT2D eigenvalue weighted by atomic mass is 10.0. The average Bonchev–Trinajstić information content (AvgIpc) is 2.88. The fourth-order valence-electron chi connectivity index (χ4n) is 1.98. The van der Waals surface area contributed by atoms with Crippen molar-refractivity contribution in [2.45, 2.75) is 16.9 Å². The molecule has 0 bridgehead atoms. The number of halogens is 1. The number of hydrogen-bond donors (Lipinski definition) is 2. The van der Waals surface area contributed by atoms with Gasteiger partial charge in [-0.2, -0.15) is 4.72 Å². The summed E-state index contributed by atoms with van der Waals surface area (Å²) < 4.78 is 36.9. The largest absolute Gasteiger partial charge is 0.495 e. The number of nitrogens with one attached hydrogen (secondary N) is 1. The number of benzene rings is 1. The van der Waals surface area contributed by atoms with E-state index in [0.29, 0.717) is 0 Å². The molecule has 7 nitrogen and oxygen atoms in total. The maximum absolute atomic E-state index is 12.3. The van der Waals surface area contributed by atoms with Crippen molar-refractivity contribution < 1.29 is 27.8 Å². The molecule has 0 aliphatic carbocycles. The van der Waals surface area contributed by atoms with Crippen LogP contribution in [0.25, 0.3) is 0 Å². The van der Waals surface area contributed by atoms with Gasteiger partial charge in [-0.1, -0.05) is 11.6 Å². The van der Waals surface area contributed by atoms with E-state index >= 15 is 0 Å². The molecule has 0 spiro atoms. The second-order valence-electron chi connectivity index (χ2n) is 4.59.